The fraction of sp³-hybridized carbons (Fsp3) is 0.478. The Morgan fingerprint density at radius 1 is 1.16 bits per heavy atom. The Hall–Kier alpha value is -1.58. The predicted molar refractivity (Wildman–Crippen MR) is 139 cm³/mol. The summed E-state index contributed by atoms with van der Waals surface area (Å²) in [6, 6.07) is 12.5. The molecule has 6 nitrogen and oxygen atoms in total. The number of rotatable bonds is 8. The van der Waals surface area contributed by atoms with Gasteiger partial charge in [-0.3, -0.25) is 9.89 Å². The Kier molecular flexibility index (Phi) is 11.4. The molecule has 0 aliphatic carbocycles. The van der Waals surface area contributed by atoms with E-state index in [1.807, 2.05) is 37.5 Å². The second-order valence-corrected chi connectivity index (χ2v) is 8.04. The number of guanidine groups is 1. The second-order valence-electron chi connectivity index (χ2n) is 7.60. The number of piperidine rings is 1. The summed E-state index contributed by atoms with van der Waals surface area (Å²) in [5, 5.41) is 7.73. The van der Waals surface area contributed by atoms with Crippen LogP contribution in [-0.2, 0) is 13.1 Å². The van der Waals surface area contributed by atoms with Crippen molar-refractivity contribution in [1.82, 2.24) is 20.5 Å². The Morgan fingerprint density at radius 3 is 2.48 bits per heavy atom. The molecule has 31 heavy (non-hydrogen) atoms. The zero-order valence-corrected chi connectivity index (χ0v) is 21.4. The van der Waals surface area contributed by atoms with Crippen LogP contribution in [0.3, 0.4) is 0 Å². The lowest BCUT2D eigenvalue weighted by Gasteiger charge is -2.33. The van der Waals surface area contributed by atoms with Gasteiger partial charge in [0.1, 0.15) is 0 Å². The third kappa shape index (κ3) is 8.82. The van der Waals surface area contributed by atoms with Gasteiger partial charge in [-0.15, -0.1) is 24.0 Å². The standard InChI is InChI=1S/C23H32ClN5O.HI/c1-3-14-30-22-9-6-19(15-26-22)16-27-23(25-2)28-21-10-12-29(13-11-21)17-18-4-7-20(24)8-5-18;/h4-9,15,21H,3,10-14,16-17H2,1-2H3,(H2,25,27,28);1H. The largest absolute Gasteiger partial charge is 0.478 e. The van der Waals surface area contributed by atoms with Crippen molar-refractivity contribution in [3.63, 3.8) is 0 Å². The highest BCUT2D eigenvalue weighted by molar-refractivity contribution is 14.0. The summed E-state index contributed by atoms with van der Waals surface area (Å²) in [5.74, 6) is 1.51. The van der Waals surface area contributed by atoms with Crippen LogP contribution in [0.5, 0.6) is 5.88 Å². The molecule has 1 fully saturated rings. The van der Waals surface area contributed by atoms with Crippen molar-refractivity contribution in [3.8, 4) is 5.88 Å². The van der Waals surface area contributed by atoms with E-state index < -0.39 is 0 Å². The number of nitrogens with one attached hydrogen (secondary N) is 2. The van der Waals surface area contributed by atoms with Gasteiger partial charge in [-0.1, -0.05) is 36.7 Å². The van der Waals surface area contributed by atoms with Gasteiger partial charge in [0.15, 0.2) is 5.96 Å². The van der Waals surface area contributed by atoms with E-state index in [-0.39, 0.29) is 24.0 Å². The molecule has 1 aliphatic rings. The SMILES string of the molecule is CCCOc1ccc(CNC(=NC)NC2CCN(Cc3ccc(Cl)cc3)CC2)cn1.I. The molecule has 0 radical (unpaired) electrons. The van der Waals surface area contributed by atoms with Crippen molar-refractivity contribution < 1.29 is 4.74 Å². The van der Waals surface area contributed by atoms with Gasteiger partial charge in [0.25, 0.3) is 0 Å². The number of hydrogen-bond acceptors (Lipinski definition) is 4. The van der Waals surface area contributed by atoms with Crippen LogP contribution in [0.25, 0.3) is 0 Å². The third-order valence-corrected chi connectivity index (χ3v) is 5.44. The number of ether oxygens (including phenoxy) is 1. The number of likely N-dealkylation sites (tertiary alicyclic amines) is 1. The van der Waals surface area contributed by atoms with Gasteiger partial charge in [0.2, 0.25) is 5.88 Å². The first-order chi connectivity index (χ1) is 14.7. The monoisotopic (exact) mass is 557 g/mol. The molecule has 0 amide bonds. The minimum Gasteiger partial charge on any atom is -0.478 e. The number of nitrogens with zero attached hydrogens (tertiary/aromatic N) is 3. The number of aromatic nitrogens is 1. The fourth-order valence-electron chi connectivity index (χ4n) is 3.46. The maximum absolute atomic E-state index is 5.98. The molecule has 2 N–H and O–H groups in total. The first-order valence-electron chi connectivity index (χ1n) is 10.7. The van der Waals surface area contributed by atoms with Gasteiger partial charge in [-0.05, 0) is 42.5 Å². The van der Waals surface area contributed by atoms with Gasteiger partial charge in [0.05, 0.1) is 6.61 Å². The lowest BCUT2D eigenvalue weighted by atomic mass is 10.0. The maximum atomic E-state index is 5.98. The quantitative estimate of drug-likeness (QED) is 0.285. The van der Waals surface area contributed by atoms with Crippen LogP contribution in [0.2, 0.25) is 5.02 Å². The number of halogens is 2. The van der Waals surface area contributed by atoms with E-state index in [4.69, 9.17) is 16.3 Å². The van der Waals surface area contributed by atoms with Crippen molar-refractivity contribution in [1.29, 1.82) is 0 Å². The third-order valence-electron chi connectivity index (χ3n) is 5.18. The van der Waals surface area contributed by atoms with Gasteiger partial charge in [0, 0.05) is 56.6 Å². The molecule has 1 aliphatic heterocycles. The summed E-state index contributed by atoms with van der Waals surface area (Å²) < 4.78 is 5.53. The fourth-order valence-corrected chi connectivity index (χ4v) is 3.59. The van der Waals surface area contributed by atoms with Crippen LogP contribution in [0.1, 0.15) is 37.3 Å². The molecular formula is C23H33ClIN5O. The lowest BCUT2D eigenvalue weighted by Crippen LogP contribution is -2.48. The normalized spacial score (nSPS) is 15.3. The molecule has 2 aromatic rings. The van der Waals surface area contributed by atoms with Crippen molar-refractivity contribution in [2.45, 2.75) is 45.3 Å². The zero-order chi connectivity index (χ0) is 21.2. The van der Waals surface area contributed by atoms with E-state index in [9.17, 15) is 0 Å². The summed E-state index contributed by atoms with van der Waals surface area (Å²) in [6.45, 7) is 6.57. The van der Waals surface area contributed by atoms with Crippen LogP contribution in [0.4, 0.5) is 0 Å². The molecule has 0 saturated carbocycles. The molecule has 3 rings (SSSR count). The first-order valence-corrected chi connectivity index (χ1v) is 11.1. The van der Waals surface area contributed by atoms with Crippen LogP contribution in [0.15, 0.2) is 47.6 Å². The Labute approximate surface area is 207 Å². The molecule has 0 unspecified atom stereocenters. The van der Waals surface area contributed by atoms with Gasteiger partial charge in [-0.2, -0.15) is 0 Å². The summed E-state index contributed by atoms with van der Waals surface area (Å²) in [7, 11) is 1.81. The van der Waals surface area contributed by atoms with Crippen molar-refractivity contribution in [2.24, 2.45) is 4.99 Å². The van der Waals surface area contributed by atoms with Gasteiger partial charge >= 0.3 is 0 Å². The molecule has 1 aromatic carbocycles. The summed E-state index contributed by atoms with van der Waals surface area (Å²) in [5.41, 5.74) is 2.41. The summed E-state index contributed by atoms with van der Waals surface area (Å²) >= 11 is 5.98. The number of hydrogen-bond donors (Lipinski definition) is 2. The van der Waals surface area contributed by atoms with Crippen molar-refractivity contribution in [3.05, 3.63) is 58.7 Å². The van der Waals surface area contributed by atoms with Crippen LogP contribution in [0, 0.1) is 0 Å². The smallest absolute Gasteiger partial charge is 0.213 e. The minimum absolute atomic E-state index is 0. The molecule has 0 bridgehead atoms. The van der Waals surface area contributed by atoms with Crippen molar-refractivity contribution in [2.75, 3.05) is 26.7 Å². The zero-order valence-electron chi connectivity index (χ0n) is 18.3. The second kappa shape index (κ2) is 13.8. The number of pyridine rings is 1. The Balaban J connectivity index is 0.00000341. The highest BCUT2D eigenvalue weighted by atomic mass is 127. The van der Waals surface area contributed by atoms with Gasteiger partial charge in [-0.25, -0.2) is 4.98 Å². The Morgan fingerprint density at radius 2 is 1.87 bits per heavy atom. The highest BCUT2D eigenvalue weighted by Crippen LogP contribution is 2.16. The molecule has 1 aromatic heterocycles. The lowest BCUT2D eigenvalue weighted by molar-refractivity contribution is 0.198. The molecule has 0 spiro atoms. The maximum Gasteiger partial charge on any atom is 0.213 e. The average molecular weight is 558 g/mol. The van der Waals surface area contributed by atoms with E-state index in [0.29, 0.717) is 25.1 Å². The summed E-state index contributed by atoms with van der Waals surface area (Å²) in [4.78, 5) is 11.2. The summed E-state index contributed by atoms with van der Waals surface area (Å²) in [6.07, 6.45) is 5.02. The van der Waals surface area contributed by atoms with E-state index in [1.54, 1.807) is 0 Å². The molecule has 1 saturated heterocycles. The Bertz CT molecular complexity index is 793. The van der Waals surface area contributed by atoms with Crippen LogP contribution < -0.4 is 15.4 Å². The molecule has 2 heterocycles. The number of benzene rings is 1. The van der Waals surface area contributed by atoms with E-state index in [1.165, 1.54) is 5.56 Å². The molecule has 8 heteroatoms. The average Bonchev–Trinajstić information content (AvgIpc) is 2.78. The minimum atomic E-state index is 0. The topological polar surface area (TPSA) is 61.8 Å². The first kappa shape index (κ1) is 25.7. The molecular weight excluding hydrogens is 525 g/mol. The van der Waals surface area contributed by atoms with E-state index in [2.05, 4.69) is 44.6 Å². The molecule has 0 atom stereocenters. The highest BCUT2D eigenvalue weighted by Gasteiger charge is 2.20. The molecule has 170 valence electrons. The number of aliphatic imine (C=N–C) groups is 1. The van der Waals surface area contributed by atoms with E-state index >= 15 is 0 Å². The van der Waals surface area contributed by atoms with Crippen LogP contribution in [-0.4, -0.2) is 48.6 Å². The van der Waals surface area contributed by atoms with Crippen LogP contribution >= 0.6 is 35.6 Å². The predicted octanol–water partition coefficient (Wildman–Crippen LogP) is 4.47. The van der Waals surface area contributed by atoms with E-state index in [0.717, 1.165) is 55.4 Å². The van der Waals surface area contributed by atoms with Gasteiger partial charge < -0.3 is 15.4 Å². The van der Waals surface area contributed by atoms with Crippen molar-refractivity contribution >= 4 is 41.5 Å².